The van der Waals surface area contributed by atoms with E-state index in [1.807, 2.05) is 30.3 Å². The molecule has 0 aliphatic rings. The molecule has 20 heavy (non-hydrogen) atoms. The maximum atomic E-state index is 11.5. The molecule has 1 aromatic carbocycles. The molecule has 0 fully saturated rings. The van der Waals surface area contributed by atoms with Crippen LogP contribution >= 0.6 is 0 Å². The van der Waals surface area contributed by atoms with Gasteiger partial charge in [0.2, 0.25) is 5.91 Å². The smallest absolute Gasteiger partial charge is 0.248 e. The lowest BCUT2D eigenvalue weighted by molar-refractivity contribution is 0.1000. The van der Waals surface area contributed by atoms with Gasteiger partial charge in [-0.2, -0.15) is 0 Å². The number of pyridine rings is 1. The van der Waals surface area contributed by atoms with Crippen molar-refractivity contribution in [2.24, 2.45) is 5.73 Å². The van der Waals surface area contributed by atoms with Crippen LogP contribution in [0.3, 0.4) is 0 Å². The van der Waals surface area contributed by atoms with Gasteiger partial charge in [0, 0.05) is 23.5 Å². The lowest BCUT2D eigenvalue weighted by Crippen LogP contribution is -2.12. The molecule has 5 heteroatoms. The number of primary amides is 1. The van der Waals surface area contributed by atoms with E-state index in [-0.39, 0.29) is 0 Å². The summed E-state index contributed by atoms with van der Waals surface area (Å²) in [5.41, 5.74) is 7.44. The zero-order valence-corrected chi connectivity index (χ0v) is 10.6. The largest absolute Gasteiger partial charge is 0.366 e. The second kappa shape index (κ2) is 4.97. The Kier molecular flexibility index (Phi) is 3.01. The van der Waals surface area contributed by atoms with Crippen molar-refractivity contribution in [3.63, 3.8) is 0 Å². The predicted molar refractivity (Wildman–Crippen MR) is 75.3 cm³/mol. The Labute approximate surface area is 115 Å². The molecule has 0 aliphatic carbocycles. The number of rotatable bonds is 3. The second-order valence-corrected chi connectivity index (χ2v) is 4.30. The first kappa shape index (κ1) is 12.1. The molecule has 3 rings (SSSR count). The quantitative estimate of drug-likeness (QED) is 0.786. The van der Waals surface area contributed by atoms with E-state index in [0.717, 1.165) is 5.56 Å². The van der Waals surface area contributed by atoms with Crippen molar-refractivity contribution in [1.82, 2.24) is 14.5 Å². The van der Waals surface area contributed by atoms with Crippen LogP contribution in [0.25, 0.3) is 17.1 Å². The molecular weight excluding hydrogens is 252 g/mol. The van der Waals surface area contributed by atoms with Crippen molar-refractivity contribution in [2.75, 3.05) is 0 Å². The fourth-order valence-corrected chi connectivity index (χ4v) is 1.94. The summed E-state index contributed by atoms with van der Waals surface area (Å²) in [7, 11) is 0. The van der Waals surface area contributed by atoms with Gasteiger partial charge < -0.3 is 5.73 Å². The zero-order valence-electron chi connectivity index (χ0n) is 10.6. The minimum atomic E-state index is -0.481. The Bertz CT molecular complexity index is 736. The average molecular weight is 264 g/mol. The first-order chi connectivity index (χ1) is 9.74. The number of imidazole rings is 1. The standard InChI is InChI=1S/C15H12N4O/c16-15(20)12-8-13(11-4-2-1-3-5-11)18-14(9-12)19-7-6-17-10-19/h1-10H,(H2,16,20). The molecule has 5 nitrogen and oxygen atoms in total. The summed E-state index contributed by atoms with van der Waals surface area (Å²) in [4.78, 5) is 20.0. The monoisotopic (exact) mass is 264 g/mol. The summed E-state index contributed by atoms with van der Waals surface area (Å²) < 4.78 is 1.74. The molecule has 0 bridgehead atoms. The Balaban J connectivity index is 2.18. The first-order valence-corrected chi connectivity index (χ1v) is 6.10. The van der Waals surface area contributed by atoms with Crippen LogP contribution in [0.2, 0.25) is 0 Å². The van der Waals surface area contributed by atoms with E-state index in [2.05, 4.69) is 9.97 Å². The lowest BCUT2D eigenvalue weighted by atomic mass is 10.1. The van der Waals surface area contributed by atoms with E-state index in [0.29, 0.717) is 17.1 Å². The van der Waals surface area contributed by atoms with E-state index in [4.69, 9.17) is 5.73 Å². The Morgan fingerprint density at radius 1 is 1.15 bits per heavy atom. The van der Waals surface area contributed by atoms with Gasteiger partial charge in [0.25, 0.3) is 0 Å². The third kappa shape index (κ3) is 2.29. The van der Waals surface area contributed by atoms with Crippen molar-refractivity contribution >= 4 is 5.91 Å². The van der Waals surface area contributed by atoms with Gasteiger partial charge in [0.15, 0.2) is 0 Å². The number of carbonyl (C=O) groups is 1. The average Bonchev–Trinajstić information content (AvgIpc) is 3.02. The highest BCUT2D eigenvalue weighted by Crippen LogP contribution is 2.20. The Morgan fingerprint density at radius 3 is 2.60 bits per heavy atom. The van der Waals surface area contributed by atoms with Crippen molar-refractivity contribution in [3.05, 3.63) is 66.7 Å². The summed E-state index contributed by atoms with van der Waals surface area (Å²) in [6.07, 6.45) is 5.05. The second-order valence-electron chi connectivity index (χ2n) is 4.30. The fourth-order valence-electron chi connectivity index (χ4n) is 1.94. The number of carbonyl (C=O) groups excluding carboxylic acids is 1. The summed E-state index contributed by atoms with van der Waals surface area (Å²) in [6, 6.07) is 13.0. The maximum absolute atomic E-state index is 11.5. The lowest BCUT2D eigenvalue weighted by Gasteiger charge is -2.08. The summed E-state index contributed by atoms with van der Waals surface area (Å²) in [5.74, 6) is 0.128. The predicted octanol–water partition coefficient (Wildman–Crippen LogP) is 2.03. The van der Waals surface area contributed by atoms with Crippen LogP contribution in [0.5, 0.6) is 0 Å². The number of nitrogens with two attached hydrogens (primary N) is 1. The highest BCUT2D eigenvalue weighted by Gasteiger charge is 2.09. The maximum Gasteiger partial charge on any atom is 0.248 e. The number of aromatic nitrogens is 3. The van der Waals surface area contributed by atoms with E-state index >= 15 is 0 Å². The van der Waals surface area contributed by atoms with Crippen LogP contribution < -0.4 is 5.73 Å². The van der Waals surface area contributed by atoms with Crippen LogP contribution in [0.1, 0.15) is 10.4 Å². The highest BCUT2D eigenvalue weighted by molar-refractivity contribution is 5.94. The van der Waals surface area contributed by atoms with Crippen LogP contribution in [0.4, 0.5) is 0 Å². The van der Waals surface area contributed by atoms with Crippen LogP contribution in [0.15, 0.2) is 61.2 Å². The minimum absolute atomic E-state index is 0.419. The van der Waals surface area contributed by atoms with E-state index in [1.54, 1.807) is 35.4 Å². The van der Waals surface area contributed by atoms with Crippen molar-refractivity contribution in [3.8, 4) is 17.1 Å². The van der Waals surface area contributed by atoms with Crippen LogP contribution in [0, 0.1) is 0 Å². The fraction of sp³-hybridized carbons (Fsp3) is 0. The van der Waals surface area contributed by atoms with E-state index < -0.39 is 5.91 Å². The summed E-state index contributed by atoms with van der Waals surface area (Å²) >= 11 is 0. The van der Waals surface area contributed by atoms with Gasteiger partial charge in [-0.05, 0) is 12.1 Å². The van der Waals surface area contributed by atoms with Gasteiger partial charge in [-0.1, -0.05) is 30.3 Å². The van der Waals surface area contributed by atoms with Gasteiger partial charge in [0.05, 0.1) is 5.69 Å². The molecule has 0 unspecified atom stereocenters. The topological polar surface area (TPSA) is 73.8 Å². The molecular formula is C15H12N4O. The molecule has 3 aromatic rings. The van der Waals surface area contributed by atoms with Crippen LogP contribution in [-0.2, 0) is 0 Å². The number of hydrogen-bond donors (Lipinski definition) is 1. The molecule has 0 radical (unpaired) electrons. The van der Waals surface area contributed by atoms with Gasteiger partial charge in [-0.3, -0.25) is 9.36 Å². The van der Waals surface area contributed by atoms with Gasteiger partial charge >= 0.3 is 0 Å². The number of nitrogens with zero attached hydrogens (tertiary/aromatic N) is 3. The molecule has 98 valence electrons. The molecule has 0 spiro atoms. The van der Waals surface area contributed by atoms with Crippen LogP contribution in [-0.4, -0.2) is 20.4 Å². The van der Waals surface area contributed by atoms with Crippen molar-refractivity contribution in [1.29, 1.82) is 0 Å². The van der Waals surface area contributed by atoms with Gasteiger partial charge in [-0.25, -0.2) is 9.97 Å². The Morgan fingerprint density at radius 2 is 1.95 bits per heavy atom. The number of benzene rings is 1. The third-order valence-corrected chi connectivity index (χ3v) is 2.93. The van der Waals surface area contributed by atoms with Crippen molar-refractivity contribution < 1.29 is 4.79 Å². The summed E-state index contributed by atoms with van der Waals surface area (Å²) in [6.45, 7) is 0. The van der Waals surface area contributed by atoms with Gasteiger partial charge in [0.1, 0.15) is 12.1 Å². The number of hydrogen-bond acceptors (Lipinski definition) is 3. The SMILES string of the molecule is NC(=O)c1cc(-c2ccccc2)nc(-n2ccnc2)c1. The molecule has 2 aromatic heterocycles. The van der Waals surface area contributed by atoms with Gasteiger partial charge in [-0.15, -0.1) is 0 Å². The minimum Gasteiger partial charge on any atom is -0.366 e. The molecule has 1 amide bonds. The number of amides is 1. The molecule has 0 aliphatic heterocycles. The molecule has 2 N–H and O–H groups in total. The van der Waals surface area contributed by atoms with E-state index in [1.165, 1.54) is 0 Å². The summed E-state index contributed by atoms with van der Waals surface area (Å²) in [5, 5.41) is 0. The molecule has 0 saturated carbocycles. The zero-order chi connectivity index (χ0) is 13.9. The van der Waals surface area contributed by atoms with E-state index in [9.17, 15) is 4.79 Å². The Hall–Kier alpha value is -2.95. The van der Waals surface area contributed by atoms with Crippen molar-refractivity contribution in [2.45, 2.75) is 0 Å². The molecule has 2 heterocycles. The normalized spacial score (nSPS) is 10.4. The third-order valence-electron chi connectivity index (χ3n) is 2.93. The molecule has 0 saturated heterocycles. The first-order valence-electron chi connectivity index (χ1n) is 6.10. The highest BCUT2D eigenvalue weighted by atomic mass is 16.1. The molecule has 0 atom stereocenters.